The van der Waals surface area contributed by atoms with Crippen LogP contribution >= 0.6 is 12.6 Å². The Morgan fingerprint density at radius 2 is 2.42 bits per heavy atom. The van der Waals surface area contributed by atoms with Crippen molar-refractivity contribution in [3.8, 4) is 0 Å². The molecule has 1 fully saturated rings. The van der Waals surface area contributed by atoms with E-state index in [2.05, 4.69) is 17.9 Å². The van der Waals surface area contributed by atoms with Crippen LogP contribution in [-0.4, -0.2) is 30.9 Å². The summed E-state index contributed by atoms with van der Waals surface area (Å²) in [5.74, 6) is 0.250. The number of hydrogen-bond acceptors (Lipinski definition) is 3. The summed E-state index contributed by atoms with van der Waals surface area (Å²) >= 11 is 3.89. The molecule has 0 aromatic heterocycles. The fraction of sp³-hybridized carbons (Fsp3) is 0.875. The molecule has 0 aromatic carbocycles. The van der Waals surface area contributed by atoms with Crippen molar-refractivity contribution in [1.82, 2.24) is 5.32 Å². The number of hydrogen-bond donors (Lipinski definition) is 2. The maximum Gasteiger partial charge on any atom is 0.230 e. The van der Waals surface area contributed by atoms with Crippen LogP contribution in [0.15, 0.2) is 0 Å². The second-order valence-electron chi connectivity index (χ2n) is 3.04. The molecule has 3 nitrogen and oxygen atoms in total. The predicted molar refractivity (Wildman–Crippen MR) is 50.4 cm³/mol. The van der Waals surface area contributed by atoms with Gasteiger partial charge in [-0.05, 0) is 19.3 Å². The highest BCUT2D eigenvalue weighted by Crippen LogP contribution is 2.21. The Morgan fingerprint density at radius 3 is 3.00 bits per heavy atom. The molecular formula is C8H15NO2S. The van der Waals surface area contributed by atoms with Crippen molar-refractivity contribution in [3.05, 3.63) is 0 Å². The van der Waals surface area contributed by atoms with Crippen LogP contribution in [0, 0.1) is 0 Å². The standard InChI is InChI=1S/C8H15NO2S/c1-11-7-4-2-3-6(7)9-8(10)5-12/h6-7,12H,2-5H2,1H3,(H,9,10). The molecule has 4 heteroatoms. The van der Waals surface area contributed by atoms with Gasteiger partial charge < -0.3 is 10.1 Å². The monoisotopic (exact) mass is 189 g/mol. The normalized spacial score (nSPS) is 28.8. The van der Waals surface area contributed by atoms with E-state index in [0.29, 0.717) is 0 Å². The van der Waals surface area contributed by atoms with Gasteiger partial charge in [-0.15, -0.1) is 0 Å². The molecule has 0 aliphatic heterocycles. The number of carbonyl (C=O) groups excluding carboxylic acids is 1. The third-order valence-electron chi connectivity index (χ3n) is 2.25. The average molecular weight is 189 g/mol. The van der Waals surface area contributed by atoms with Crippen LogP contribution in [0.25, 0.3) is 0 Å². The summed E-state index contributed by atoms with van der Waals surface area (Å²) in [4.78, 5) is 11.0. The summed E-state index contributed by atoms with van der Waals surface area (Å²) in [5, 5.41) is 2.89. The molecule has 1 amide bonds. The molecule has 1 saturated carbocycles. The zero-order valence-corrected chi connectivity index (χ0v) is 8.14. The number of amides is 1. The minimum Gasteiger partial charge on any atom is -0.379 e. The van der Waals surface area contributed by atoms with Crippen molar-refractivity contribution < 1.29 is 9.53 Å². The van der Waals surface area contributed by atoms with E-state index in [-0.39, 0.29) is 23.8 Å². The zero-order chi connectivity index (χ0) is 8.97. The first kappa shape index (κ1) is 9.86. The summed E-state index contributed by atoms with van der Waals surface area (Å²) in [6.45, 7) is 0. The van der Waals surface area contributed by atoms with E-state index in [4.69, 9.17) is 4.74 Å². The van der Waals surface area contributed by atoms with E-state index < -0.39 is 0 Å². The summed E-state index contributed by atoms with van der Waals surface area (Å²) < 4.78 is 5.23. The number of carbonyl (C=O) groups is 1. The molecule has 2 atom stereocenters. The van der Waals surface area contributed by atoms with E-state index in [9.17, 15) is 4.79 Å². The Hall–Kier alpha value is -0.220. The molecule has 70 valence electrons. The Balaban J connectivity index is 2.35. The van der Waals surface area contributed by atoms with Crippen molar-refractivity contribution >= 4 is 18.5 Å². The Labute approximate surface area is 78.3 Å². The molecule has 1 aliphatic rings. The highest BCUT2D eigenvalue weighted by Gasteiger charge is 2.27. The first-order chi connectivity index (χ1) is 5.77. The van der Waals surface area contributed by atoms with E-state index in [1.165, 1.54) is 0 Å². The van der Waals surface area contributed by atoms with E-state index in [1.807, 2.05) is 0 Å². The fourth-order valence-electron chi connectivity index (χ4n) is 1.63. The highest BCUT2D eigenvalue weighted by atomic mass is 32.1. The maximum absolute atomic E-state index is 11.0. The van der Waals surface area contributed by atoms with Gasteiger partial charge in [0.2, 0.25) is 5.91 Å². The van der Waals surface area contributed by atoms with Gasteiger partial charge in [0.15, 0.2) is 0 Å². The van der Waals surface area contributed by atoms with Crippen molar-refractivity contribution in [2.24, 2.45) is 0 Å². The maximum atomic E-state index is 11.0. The largest absolute Gasteiger partial charge is 0.379 e. The molecule has 2 unspecified atom stereocenters. The van der Waals surface area contributed by atoms with Gasteiger partial charge in [-0.1, -0.05) is 0 Å². The van der Waals surface area contributed by atoms with Crippen molar-refractivity contribution in [1.29, 1.82) is 0 Å². The molecule has 0 heterocycles. The van der Waals surface area contributed by atoms with E-state index in [1.54, 1.807) is 7.11 Å². The fourth-order valence-corrected chi connectivity index (χ4v) is 1.72. The first-order valence-corrected chi connectivity index (χ1v) is 4.84. The number of methoxy groups -OCH3 is 1. The lowest BCUT2D eigenvalue weighted by molar-refractivity contribution is -0.120. The third kappa shape index (κ3) is 2.38. The van der Waals surface area contributed by atoms with Crippen molar-refractivity contribution in [2.75, 3.05) is 12.9 Å². The lowest BCUT2D eigenvalue weighted by Crippen LogP contribution is -2.41. The lowest BCUT2D eigenvalue weighted by Gasteiger charge is -2.18. The number of thiol groups is 1. The lowest BCUT2D eigenvalue weighted by atomic mass is 10.2. The van der Waals surface area contributed by atoms with Gasteiger partial charge in [-0.2, -0.15) is 12.6 Å². The zero-order valence-electron chi connectivity index (χ0n) is 7.25. The average Bonchev–Trinajstić information content (AvgIpc) is 2.51. The van der Waals surface area contributed by atoms with Gasteiger partial charge in [0, 0.05) is 7.11 Å². The Bertz CT molecular complexity index is 163. The molecule has 12 heavy (non-hydrogen) atoms. The highest BCUT2D eigenvalue weighted by molar-refractivity contribution is 7.81. The van der Waals surface area contributed by atoms with Crippen LogP contribution in [0.5, 0.6) is 0 Å². The van der Waals surface area contributed by atoms with Crippen molar-refractivity contribution in [3.63, 3.8) is 0 Å². The van der Waals surface area contributed by atoms with Crippen LogP contribution < -0.4 is 5.32 Å². The third-order valence-corrected chi connectivity index (χ3v) is 2.53. The Kier molecular flexibility index (Phi) is 3.88. The van der Waals surface area contributed by atoms with E-state index in [0.717, 1.165) is 19.3 Å². The molecule has 1 rings (SSSR count). The predicted octanol–water partition coefficient (Wildman–Crippen LogP) is 0.600. The smallest absolute Gasteiger partial charge is 0.230 e. The van der Waals surface area contributed by atoms with Crippen LogP contribution in [0.1, 0.15) is 19.3 Å². The summed E-state index contributed by atoms with van der Waals surface area (Å²) in [6, 6.07) is 0.203. The summed E-state index contributed by atoms with van der Waals surface area (Å²) in [6.07, 6.45) is 3.41. The van der Waals surface area contributed by atoms with Gasteiger partial charge >= 0.3 is 0 Å². The molecular weight excluding hydrogens is 174 g/mol. The molecule has 1 aliphatic carbocycles. The van der Waals surface area contributed by atoms with Crippen molar-refractivity contribution in [2.45, 2.75) is 31.4 Å². The van der Waals surface area contributed by atoms with Crippen LogP contribution in [-0.2, 0) is 9.53 Å². The number of nitrogens with one attached hydrogen (secondary N) is 1. The summed E-state index contributed by atoms with van der Waals surface area (Å²) in [5.41, 5.74) is 0. The van der Waals surface area contributed by atoms with Gasteiger partial charge in [-0.3, -0.25) is 4.79 Å². The second-order valence-corrected chi connectivity index (χ2v) is 3.35. The molecule has 1 N–H and O–H groups in total. The molecule has 0 radical (unpaired) electrons. The number of ether oxygens (including phenoxy) is 1. The molecule has 0 saturated heterocycles. The molecule has 0 aromatic rings. The number of rotatable bonds is 3. The van der Waals surface area contributed by atoms with E-state index >= 15 is 0 Å². The molecule has 0 spiro atoms. The van der Waals surface area contributed by atoms with Gasteiger partial charge in [-0.25, -0.2) is 0 Å². The topological polar surface area (TPSA) is 38.3 Å². The SMILES string of the molecule is COC1CCCC1NC(=O)CS. The van der Waals surface area contributed by atoms with Gasteiger partial charge in [0.25, 0.3) is 0 Å². The first-order valence-electron chi connectivity index (χ1n) is 4.21. The van der Waals surface area contributed by atoms with Gasteiger partial charge in [0.05, 0.1) is 17.9 Å². The second kappa shape index (κ2) is 4.72. The van der Waals surface area contributed by atoms with Crippen LogP contribution in [0.4, 0.5) is 0 Å². The minimum atomic E-state index is -0.00715. The molecule has 0 bridgehead atoms. The minimum absolute atomic E-state index is 0.00715. The van der Waals surface area contributed by atoms with Crippen LogP contribution in [0.3, 0.4) is 0 Å². The quantitative estimate of drug-likeness (QED) is 0.638. The van der Waals surface area contributed by atoms with Crippen LogP contribution in [0.2, 0.25) is 0 Å². The van der Waals surface area contributed by atoms with Gasteiger partial charge in [0.1, 0.15) is 0 Å². The Morgan fingerprint density at radius 1 is 1.67 bits per heavy atom. The summed E-state index contributed by atoms with van der Waals surface area (Å²) in [7, 11) is 1.69.